The summed E-state index contributed by atoms with van der Waals surface area (Å²) in [5, 5.41) is 0. The highest BCUT2D eigenvalue weighted by molar-refractivity contribution is 5.79. The number of aryl methyl sites for hydroxylation is 1. The molecule has 0 N–H and O–H groups in total. The molecule has 2 nitrogen and oxygen atoms in total. The first-order valence-electron chi connectivity index (χ1n) is 9.48. The highest BCUT2D eigenvalue weighted by Crippen LogP contribution is 2.35. The molecule has 1 saturated carbocycles. The van der Waals surface area contributed by atoms with Gasteiger partial charge in [0.25, 0.3) is 0 Å². The highest BCUT2D eigenvalue weighted by atomic mass is 16.5. The summed E-state index contributed by atoms with van der Waals surface area (Å²) in [6.45, 7) is 3.09. The zero-order valence-corrected chi connectivity index (χ0v) is 14.4. The molecule has 2 unspecified atom stereocenters. The van der Waals surface area contributed by atoms with Crippen molar-refractivity contribution < 1.29 is 9.53 Å². The van der Waals surface area contributed by atoms with Crippen molar-refractivity contribution in [1.82, 2.24) is 0 Å². The maximum absolute atomic E-state index is 11.4. The van der Waals surface area contributed by atoms with Gasteiger partial charge in [0.2, 0.25) is 0 Å². The Kier molecular flexibility index (Phi) is 5.88. The Hall–Kier alpha value is -1.15. The molecule has 126 valence electrons. The molecule has 2 aliphatic rings. The first kappa shape index (κ1) is 16.7. The van der Waals surface area contributed by atoms with Crippen LogP contribution < -0.4 is 0 Å². The van der Waals surface area contributed by atoms with Crippen LogP contribution in [0, 0.1) is 5.92 Å². The number of benzene rings is 1. The smallest absolute Gasteiger partial charge is 0.132 e. The minimum absolute atomic E-state index is 0.392. The van der Waals surface area contributed by atoms with E-state index >= 15 is 0 Å². The number of carbonyl (C=O) groups excluding carboxylic acids is 1. The molecule has 0 aromatic heterocycles. The molecule has 0 radical (unpaired) electrons. The van der Waals surface area contributed by atoms with Crippen LogP contribution in [0.1, 0.15) is 75.3 Å². The summed E-state index contributed by atoms with van der Waals surface area (Å²) in [6, 6.07) is 9.20. The maximum atomic E-state index is 11.4. The molecule has 2 heteroatoms. The van der Waals surface area contributed by atoms with Crippen LogP contribution in [0.4, 0.5) is 0 Å². The Morgan fingerprint density at radius 1 is 1.04 bits per heavy atom. The van der Waals surface area contributed by atoms with Crippen LogP contribution in [0.15, 0.2) is 24.3 Å². The molecule has 1 aromatic carbocycles. The Morgan fingerprint density at radius 3 is 2.39 bits per heavy atom. The molecular formula is C21H30O2. The summed E-state index contributed by atoms with van der Waals surface area (Å²) in [5.74, 6) is 1.61. The normalized spacial score (nSPS) is 26.4. The Labute approximate surface area is 140 Å². The SMILES string of the molecule is CCCCc1ccc(C2CCC(C3CCC(=O)CC3)OC2)cc1. The lowest BCUT2D eigenvalue weighted by Crippen LogP contribution is -2.33. The van der Waals surface area contributed by atoms with Gasteiger partial charge in [0.15, 0.2) is 0 Å². The number of hydrogen-bond donors (Lipinski definition) is 0. The lowest BCUT2D eigenvalue weighted by atomic mass is 9.80. The lowest BCUT2D eigenvalue weighted by Gasteiger charge is -2.35. The van der Waals surface area contributed by atoms with Crippen LogP contribution in [-0.4, -0.2) is 18.5 Å². The maximum Gasteiger partial charge on any atom is 0.132 e. The monoisotopic (exact) mass is 314 g/mol. The number of carbonyl (C=O) groups is 1. The van der Waals surface area contributed by atoms with E-state index in [9.17, 15) is 4.79 Å². The van der Waals surface area contributed by atoms with Crippen LogP contribution in [-0.2, 0) is 16.0 Å². The van der Waals surface area contributed by atoms with Gasteiger partial charge in [-0.25, -0.2) is 0 Å². The Balaban J connectivity index is 1.49. The molecule has 2 fully saturated rings. The second kappa shape index (κ2) is 8.10. The second-order valence-corrected chi connectivity index (χ2v) is 7.37. The van der Waals surface area contributed by atoms with Gasteiger partial charge in [-0.15, -0.1) is 0 Å². The van der Waals surface area contributed by atoms with Crippen molar-refractivity contribution in [2.75, 3.05) is 6.61 Å². The molecule has 1 aliphatic carbocycles. The highest BCUT2D eigenvalue weighted by Gasteiger charge is 2.31. The fourth-order valence-corrected chi connectivity index (χ4v) is 4.08. The van der Waals surface area contributed by atoms with Gasteiger partial charge in [-0.3, -0.25) is 4.79 Å². The standard InChI is InChI=1S/C21H30O2/c1-2-3-4-16-5-7-17(8-6-16)19-11-14-21(23-15-19)18-9-12-20(22)13-10-18/h5-8,18-19,21H,2-4,9-15H2,1H3. The zero-order chi connectivity index (χ0) is 16.1. The fraction of sp³-hybridized carbons (Fsp3) is 0.667. The van der Waals surface area contributed by atoms with E-state index in [-0.39, 0.29) is 0 Å². The molecule has 2 atom stereocenters. The summed E-state index contributed by atoms with van der Waals surface area (Å²) in [4.78, 5) is 11.4. The van der Waals surface area contributed by atoms with Crippen molar-refractivity contribution in [2.45, 2.75) is 76.7 Å². The van der Waals surface area contributed by atoms with Crippen LogP contribution in [0.2, 0.25) is 0 Å². The summed E-state index contributed by atoms with van der Waals surface area (Å²) in [7, 11) is 0. The van der Waals surface area contributed by atoms with Crippen LogP contribution >= 0.6 is 0 Å². The Bertz CT molecular complexity index is 487. The van der Waals surface area contributed by atoms with E-state index < -0.39 is 0 Å². The van der Waals surface area contributed by atoms with Crippen LogP contribution in [0.3, 0.4) is 0 Å². The molecule has 1 saturated heterocycles. The third-order valence-electron chi connectivity index (χ3n) is 5.69. The first-order valence-corrected chi connectivity index (χ1v) is 9.48. The largest absolute Gasteiger partial charge is 0.377 e. The zero-order valence-electron chi connectivity index (χ0n) is 14.4. The van der Waals surface area contributed by atoms with Crippen molar-refractivity contribution in [3.8, 4) is 0 Å². The van der Waals surface area contributed by atoms with Crippen molar-refractivity contribution in [1.29, 1.82) is 0 Å². The number of hydrogen-bond acceptors (Lipinski definition) is 2. The van der Waals surface area contributed by atoms with Gasteiger partial charge in [-0.2, -0.15) is 0 Å². The molecule has 0 bridgehead atoms. The van der Waals surface area contributed by atoms with Gasteiger partial charge >= 0.3 is 0 Å². The molecule has 0 amide bonds. The number of rotatable bonds is 5. The average Bonchev–Trinajstić information content (AvgIpc) is 2.61. The van der Waals surface area contributed by atoms with Crippen molar-refractivity contribution in [3.63, 3.8) is 0 Å². The molecule has 1 aromatic rings. The molecule has 3 rings (SSSR count). The molecule has 1 aliphatic heterocycles. The van der Waals surface area contributed by atoms with Gasteiger partial charge in [0, 0.05) is 18.8 Å². The summed E-state index contributed by atoms with van der Waals surface area (Å²) >= 11 is 0. The third kappa shape index (κ3) is 4.44. The minimum Gasteiger partial charge on any atom is -0.377 e. The third-order valence-corrected chi connectivity index (χ3v) is 5.69. The van der Waals surface area contributed by atoms with Gasteiger partial charge in [-0.1, -0.05) is 37.6 Å². The van der Waals surface area contributed by atoms with Crippen LogP contribution in [0.25, 0.3) is 0 Å². The van der Waals surface area contributed by atoms with Crippen molar-refractivity contribution >= 4 is 5.78 Å². The quantitative estimate of drug-likeness (QED) is 0.760. The predicted octanol–water partition coefficient (Wildman–Crippen LogP) is 5.05. The van der Waals surface area contributed by atoms with E-state index in [0.717, 1.165) is 38.7 Å². The van der Waals surface area contributed by atoms with E-state index in [2.05, 4.69) is 31.2 Å². The summed E-state index contributed by atoms with van der Waals surface area (Å²) in [6.07, 6.45) is 10.1. The van der Waals surface area contributed by atoms with Gasteiger partial charge < -0.3 is 4.74 Å². The van der Waals surface area contributed by atoms with Gasteiger partial charge in [-0.05, 0) is 55.6 Å². The predicted molar refractivity (Wildman–Crippen MR) is 93.7 cm³/mol. The molecule has 0 spiro atoms. The van der Waals surface area contributed by atoms with E-state index in [0.29, 0.717) is 23.7 Å². The number of Topliss-reactive ketones (excluding diaryl/α,β-unsaturated/α-hetero) is 1. The number of ether oxygens (including phenoxy) is 1. The minimum atomic E-state index is 0.392. The lowest BCUT2D eigenvalue weighted by molar-refractivity contribution is -0.122. The van der Waals surface area contributed by atoms with E-state index in [1.54, 1.807) is 0 Å². The molecule has 1 heterocycles. The summed E-state index contributed by atoms with van der Waals surface area (Å²) < 4.78 is 6.20. The average molecular weight is 314 g/mol. The second-order valence-electron chi connectivity index (χ2n) is 7.37. The van der Waals surface area contributed by atoms with E-state index in [4.69, 9.17) is 4.74 Å². The number of ketones is 1. The topological polar surface area (TPSA) is 26.3 Å². The first-order chi connectivity index (χ1) is 11.3. The van der Waals surface area contributed by atoms with E-state index in [1.165, 1.54) is 36.8 Å². The van der Waals surface area contributed by atoms with Gasteiger partial charge in [0.05, 0.1) is 12.7 Å². The van der Waals surface area contributed by atoms with Crippen molar-refractivity contribution in [2.24, 2.45) is 5.92 Å². The summed E-state index contributed by atoms with van der Waals surface area (Å²) in [5.41, 5.74) is 2.89. The number of unbranched alkanes of at least 4 members (excludes halogenated alkanes) is 1. The fourth-order valence-electron chi connectivity index (χ4n) is 4.08. The van der Waals surface area contributed by atoms with E-state index in [1.807, 2.05) is 0 Å². The van der Waals surface area contributed by atoms with Crippen LogP contribution in [0.5, 0.6) is 0 Å². The Morgan fingerprint density at radius 2 is 1.78 bits per heavy atom. The molecular weight excluding hydrogens is 284 g/mol. The molecule has 23 heavy (non-hydrogen) atoms. The van der Waals surface area contributed by atoms with Gasteiger partial charge in [0.1, 0.15) is 5.78 Å². The van der Waals surface area contributed by atoms with Crippen molar-refractivity contribution in [3.05, 3.63) is 35.4 Å².